The molecule has 4 heteroatoms. The van der Waals surface area contributed by atoms with E-state index in [-0.39, 0.29) is 0 Å². The number of hydrogen-bond donors (Lipinski definition) is 1. The highest BCUT2D eigenvalue weighted by molar-refractivity contribution is 7.17. The summed E-state index contributed by atoms with van der Waals surface area (Å²) < 4.78 is 7.02. The molecule has 2 heterocycles. The van der Waals surface area contributed by atoms with E-state index in [4.69, 9.17) is 4.74 Å². The maximum atomic E-state index is 5.87. The third-order valence-corrected chi connectivity index (χ3v) is 3.78. The lowest BCUT2D eigenvalue weighted by atomic mass is 10.2. The van der Waals surface area contributed by atoms with Crippen molar-refractivity contribution in [1.82, 2.24) is 10.3 Å². The summed E-state index contributed by atoms with van der Waals surface area (Å²) in [6, 6.07) is 6.56. The van der Waals surface area contributed by atoms with Crippen molar-refractivity contribution in [1.29, 1.82) is 0 Å². The van der Waals surface area contributed by atoms with Gasteiger partial charge >= 0.3 is 0 Å². The Morgan fingerprint density at radius 3 is 3.38 bits per heavy atom. The Bertz CT molecular complexity index is 477. The third kappa shape index (κ3) is 1.90. The van der Waals surface area contributed by atoms with Crippen LogP contribution in [0.25, 0.3) is 10.2 Å². The van der Waals surface area contributed by atoms with Gasteiger partial charge in [0.2, 0.25) is 0 Å². The summed E-state index contributed by atoms with van der Waals surface area (Å²) >= 11 is 1.64. The van der Waals surface area contributed by atoms with Crippen LogP contribution in [0.3, 0.4) is 0 Å². The number of ether oxygens (including phenoxy) is 1. The van der Waals surface area contributed by atoms with E-state index in [1.807, 2.05) is 23.7 Å². The lowest BCUT2D eigenvalue weighted by Crippen LogP contribution is -2.28. The van der Waals surface area contributed by atoms with Gasteiger partial charge in [-0.1, -0.05) is 6.07 Å². The van der Waals surface area contributed by atoms with Gasteiger partial charge in [-0.05, 0) is 31.5 Å². The minimum Gasteiger partial charge on any atom is -0.490 e. The van der Waals surface area contributed by atoms with Gasteiger partial charge in [0.15, 0.2) is 0 Å². The quantitative estimate of drug-likeness (QED) is 0.885. The van der Waals surface area contributed by atoms with Crippen LogP contribution in [-0.4, -0.2) is 24.2 Å². The summed E-state index contributed by atoms with van der Waals surface area (Å²) in [5.41, 5.74) is 2.90. The summed E-state index contributed by atoms with van der Waals surface area (Å²) in [5.74, 6) is 0.966. The second-order valence-corrected chi connectivity index (χ2v) is 4.92. The minimum atomic E-state index is 0.517. The average molecular weight is 234 g/mol. The van der Waals surface area contributed by atoms with Crippen molar-refractivity contribution < 1.29 is 4.74 Å². The van der Waals surface area contributed by atoms with Crippen molar-refractivity contribution in [2.45, 2.75) is 18.9 Å². The molecule has 1 saturated heterocycles. The van der Waals surface area contributed by atoms with Crippen molar-refractivity contribution in [3.8, 4) is 5.75 Å². The van der Waals surface area contributed by atoms with E-state index in [0.717, 1.165) is 29.1 Å². The molecule has 2 aromatic rings. The Morgan fingerprint density at radius 1 is 1.50 bits per heavy atom. The fourth-order valence-electron chi connectivity index (χ4n) is 2.06. The molecule has 1 N–H and O–H groups in total. The third-order valence-electron chi connectivity index (χ3n) is 2.92. The molecule has 0 amide bonds. The van der Waals surface area contributed by atoms with Gasteiger partial charge in [-0.2, -0.15) is 0 Å². The summed E-state index contributed by atoms with van der Waals surface area (Å²) in [6.45, 7) is 1.88. The molecule has 0 bridgehead atoms. The van der Waals surface area contributed by atoms with E-state index in [1.54, 1.807) is 11.3 Å². The predicted molar refractivity (Wildman–Crippen MR) is 66.1 cm³/mol. The maximum absolute atomic E-state index is 5.87. The van der Waals surface area contributed by atoms with Crippen molar-refractivity contribution in [3.63, 3.8) is 0 Å². The molecule has 16 heavy (non-hydrogen) atoms. The van der Waals surface area contributed by atoms with Crippen LogP contribution < -0.4 is 10.1 Å². The van der Waals surface area contributed by atoms with Crippen LogP contribution in [0.2, 0.25) is 0 Å². The standard InChI is InChI=1S/C12H14N2OS/c1-4-10-12(16-8-14-10)11(5-1)15-7-9-3-2-6-13-9/h1,4-5,8-9,13H,2-3,6-7H2. The maximum Gasteiger partial charge on any atom is 0.138 e. The Hall–Kier alpha value is -1.13. The van der Waals surface area contributed by atoms with Gasteiger partial charge in [-0.25, -0.2) is 4.98 Å². The summed E-state index contributed by atoms with van der Waals surface area (Å²) in [6.07, 6.45) is 2.48. The van der Waals surface area contributed by atoms with E-state index in [1.165, 1.54) is 12.8 Å². The highest BCUT2D eigenvalue weighted by atomic mass is 32.1. The van der Waals surface area contributed by atoms with E-state index in [9.17, 15) is 0 Å². The lowest BCUT2D eigenvalue weighted by molar-refractivity contribution is 0.280. The lowest BCUT2D eigenvalue weighted by Gasteiger charge is -2.12. The van der Waals surface area contributed by atoms with Crippen LogP contribution in [0.1, 0.15) is 12.8 Å². The van der Waals surface area contributed by atoms with E-state index in [2.05, 4.69) is 10.3 Å². The van der Waals surface area contributed by atoms with E-state index in [0.29, 0.717) is 6.04 Å². The molecule has 1 aromatic carbocycles. The van der Waals surface area contributed by atoms with Gasteiger partial charge in [0, 0.05) is 6.04 Å². The summed E-state index contributed by atoms with van der Waals surface area (Å²) in [5, 5.41) is 3.43. The van der Waals surface area contributed by atoms with Gasteiger partial charge in [-0.3, -0.25) is 0 Å². The Balaban J connectivity index is 1.75. The molecule has 0 saturated carbocycles. The zero-order chi connectivity index (χ0) is 10.8. The van der Waals surface area contributed by atoms with Gasteiger partial charge in [-0.15, -0.1) is 11.3 Å². The van der Waals surface area contributed by atoms with Crippen LogP contribution in [0.4, 0.5) is 0 Å². The molecule has 0 aliphatic carbocycles. The highest BCUT2D eigenvalue weighted by Crippen LogP contribution is 2.28. The highest BCUT2D eigenvalue weighted by Gasteiger charge is 2.15. The topological polar surface area (TPSA) is 34.1 Å². The number of fused-ring (bicyclic) bond motifs is 1. The molecule has 1 aromatic heterocycles. The monoisotopic (exact) mass is 234 g/mol. The van der Waals surface area contributed by atoms with Crippen LogP contribution in [0.15, 0.2) is 23.7 Å². The first-order valence-electron chi connectivity index (χ1n) is 5.62. The van der Waals surface area contributed by atoms with Crippen LogP contribution in [0.5, 0.6) is 5.75 Å². The van der Waals surface area contributed by atoms with Gasteiger partial charge in [0.05, 0.1) is 15.7 Å². The van der Waals surface area contributed by atoms with Crippen LogP contribution in [0, 0.1) is 0 Å². The van der Waals surface area contributed by atoms with Gasteiger partial charge < -0.3 is 10.1 Å². The predicted octanol–water partition coefficient (Wildman–Crippen LogP) is 2.43. The first kappa shape index (κ1) is 10.1. The Morgan fingerprint density at radius 2 is 2.50 bits per heavy atom. The van der Waals surface area contributed by atoms with Crippen molar-refractivity contribution in [3.05, 3.63) is 23.7 Å². The molecular formula is C12H14N2OS. The number of rotatable bonds is 3. The number of nitrogens with zero attached hydrogens (tertiary/aromatic N) is 1. The normalized spacial score (nSPS) is 20.4. The molecule has 0 radical (unpaired) electrons. The second-order valence-electron chi connectivity index (χ2n) is 4.06. The average Bonchev–Trinajstić information content (AvgIpc) is 2.97. The first-order chi connectivity index (χ1) is 7.93. The fourth-order valence-corrected chi connectivity index (χ4v) is 2.82. The van der Waals surface area contributed by atoms with Crippen molar-refractivity contribution in [2.75, 3.05) is 13.2 Å². The Labute approximate surface area is 98.5 Å². The Kier molecular flexibility index (Phi) is 2.76. The molecule has 1 unspecified atom stereocenters. The van der Waals surface area contributed by atoms with Crippen molar-refractivity contribution in [2.24, 2.45) is 0 Å². The van der Waals surface area contributed by atoms with Gasteiger partial charge in [0.1, 0.15) is 12.4 Å². The molecule has 1 aliphatic heterocycles. The molecule has 84 valence electrons. The second kappa shape index (κ2) is 4.39. The summed E-state index contributed by atoms with van der Waals surface area (Å²) in [7, 11) is 0. The zero-order valence-electron chi connectivity index (χ0n) is 8.98. The molecule has 3 rings (SSSR count). The van der Waals surface area contributed by atoms with Crippen LogP contribution >= 0.6 is 11.3 Å². The zero-order valence-corrected chi connectivity index (χ0v) is 9.80. The molecule has 0 spiro atoms. The number of nitrogens with one attached hydrogen (secondary N) is 1. The minimum absolute atomic E-state index is 0.517. The summed E-state index contributed by atoms with van der Waals surface area (Å²) in [4.78, 5) is 4.28. The van der Waals surface area contributed by atoms with E-state index >= 15 is 0 Å². The first-order valence-corrected chi connectivity index (χ1v) is 6.50. The SMILES string of the molecule is c1cc(OCC2CCCN2)c2scnc2c1. The molecule has 1 fully saturated rings. The largest absolute Gasteiger partial charge is 0.490 e. The molecular weight excluding hydrogens is 220 g/mol. The molecule has 1 aliphatic rings. The number of hydrogen-bond acceptors (Lipinski definition) is 4. The molecule has 1 atom stereocenters. The number of thiazole rings is 1. The van der Waals surface area contributed by atoms with Crippen molar-refractivity contribution >= 4 is 21.6 Å². The fraction of sp³-hybridized carbons (Fsp3) is 0.417. The van der Waals surface area contributed by atoms with E-state index < -0.39 is 0 Å². The molecule has 3 nitrogen and oxygen atoms in total. The number of benzene rings is 1. The smallest absolute Gasteiger partial charge is 0.138 e. The van der Waals surface area contributed by atoms with Crippen LogP contribution in [-0.2, 0) is 0 Å². The van der Waals surface area contributed by atoms with Gasteiger partial charge in [0.25, 0.3) is 0 Å². The number of aromatic nitrogens is 1.